The molecule has 1 heterocycles. The summed E-state index contributed by atoms with van der Waals surface area (Å²) in [5.74, 6) is 0.166. The molecule has 6 heteroatoms. The molecule has 1 amide bonds. The predicted molar refractivity (Wildman–Crippen MR) is 94.9 cm³/mol. The maximum Gasteiger partial charge on any atom is 0.257 e. The van der Waals surface area contributed by atoms with Crippen LogP contribution in [0.4, 0.5) is 10.1 Å². The van der Waals surface area contributed by atoms with Crippen molar-refractivity contribution in [2.24, 2.45) is 0 Å². The topological polar surface area (TPSA) is 51.2 Å². The van der Waals surface area contributed by atoms with Gasteiger partial charge in [0.1, 0.15) is 11.5 Å². The molecule has 4 nitrogen and oxygen atoms in total. The van der Waals surface area contributed by atoms with E-state index in [0.29, 0.717) is 33.5 Å². The monoisotopic (exact) mass is 356 g/mol. The Labute approximate surface area is 149 Å². The zero-order valence-corrected chi connectivity index (χ0v) is 14.0. The molecular formula is C19H14ClFN2O2. The van der Waals surface area contributed by atoms with Crippen LogP contribution < -0.4 is 10.1 Å². The molecule has 2 aromatic carbocycles. The van der Waals surface area contributed by atoms with Gasteiger partial charge in [-0.25, -0.2) is 4.98 Å². The van der Waals surface area contributed by atoms with Crippen LogP contribution in [0.5, 0.6) is 11.5 Å². The molecule has 0 radical (unpaired) electrons. The van der Waals surface area contributed by atoms with Crippen molar-refractivity contribution in [3.05, 3.63) is 82.9 Å². The van der Waals surface area contributed by atoms with Crippen molar-refractivity contribution in [2.45, 2.75) is 6.92 Å². The highest BCUT2D eigenvalue weighted by Gasteiger charge is 2.11. The third kappa shape index (κ3) is 4.14. The molecular weight excluding hydrogens is 343 g/mol. The van der Waals surface area contributed by atoms with Gasteiger partial charge in [0.15, 0.2) is 0 Å². The first-order valence-electron chi connectivity index (χ1n) is 7.50. The van der Waals surface area contributed by atoms with E-state index in [-0.39, 0.29) is 5.91 Å². The maximum atomic E-state index is 13.0. The van der Waals surface area contributed by atoms with Crippen LogP contribution in [0.3, 0.4) is 0 Å². The molecule has 126 valence electrons. The lowest BCUT2D eigenvalue weighted by atomic mass is 10.2. The molecule has 0 unspecified atom stereocenters. The molecule has 3 aromatic rings. The number of hydrogen-bond acceptors (Lipinski definition) is 3. The van der Waals surface area contributed by atoms with Gasteiger partial charge in [-0.2, -0.15) is 4.39 Å². The fraction of sp³-hybridized carbons (Fsp3) is 0.0526. The van der Waals surface area contributed by atoms with Crippen LogP contribution in [0.1, 0.15) is 16.1 Å². The smallest absolute Gasteiger partial charge is 0.257 e. The Morgan fingerprint density at radius 3 is 2.48 bits per heavy atom. The van der Waals surface area contributed by atoms with Gasteiger partial charge >= 0.3 is 0 Å². The second kappa shape index (κ2) is 7.32. The number of halogens is 2. The van der Waals surface area contributed by atoms with E-state index in [4.69, 9.17) is 16.3 Å². The minimum absolute atomic E-state index is 0.317. The van der Waals surface area contributed by atoms with Gasteiger partial charge in [0.2, 0.25) is 5.95 Å². The molecule has 25 heavy (non-hydrogen) atoms. The van der Waals surface area contributed by atoms with E-state index in [1.54, 1.807) is 43.3 Å². The number of amides is 1. The second-order valence-electron chi connectivity index (χ2n) is 5.28. The van der Waals surface area contributed by atoms with Gasteiger partial charge in [-0.1, -0.05) is 23.7 Å². The quantitative estimate of drug-likeness (QED) is 0.651. The number of hydrogen-bond donors (Lipinski definition) is 1. The van der Waals surface area contributed by atoms with Crippen LogP contribution in [0, 0.1) is 12.9 Å². The summed E-state index contributed by atoms with van der Waals surface area (Å²) in [4.78, 5) is 15.9. The summed E-state index contributed by atoms with van der Waals surface area (Å²) in [6.45, 7) is 1.58. The highest BCUT2D eigenvalue weighted by molar-refractivity contribution is 6.32. The minimum atomic E-state index is -0.616. The third-order valence-corrected chi connectivity index (χ3v) is 3.79. The first-order valence-corrected chi connectivity index (χ1v) is 7.87. The molecule has 0 aliphatic rings. The van der Waals surface area contributed by atoms with Gasteiger partial charge < -0.3 is 10.1 Å². The van der Waals surface area contributed by atoms with E-state index in [1.165, 1.54) is 6.07 Å². The highest BCUT2D eigenvalue weighted by Crippen LogP contribution is 2.29. The Bertz CT molecular complexity index is 914. The Morgan fingerprint density at radius 2 is 1.80 bits per heavy atom. The fourth-order valence-corrected chi connectivity index (χ4v) is 2.40. The summed E-state index contributed by atoms with van der Waals surface area (Å²) in [5.41, 5.74) is 1.23. The zero-order chi connectivity index (χ0) is 17.8. The Balaban J connectivity index is 1.70. The molecule has 0 aliphatic heterocycles. The summed E-state index contributed by atoms with van der Waals surface area (Å²) in [6, 6.07) is 16.6. The van der Waals surface area contributed by atoms with E-state index in [2.05, 4.69) is 10.3 Å². The number of nitrogens with one attached hydrogen (secondary N) is 1. The number of carbonyl (C=O) groups is 1. The second-order valence-corrected chi connectivity index (χ2v) is 5.69. The summed E-state index contributed by atoms with van der Waals surface area (Å²) in [7, 11) is 0. The van der Waals surface area contributed by atoms with Gasteiger partial charge in [-0.05, 0) is 55.5 Å². The predicted octanol–water partition coefficient (Wildman–Crippen LogP) is 5.23. The van der Waals surface area contributed by atoms with Gasteiger partial charge in [-0.3, -0.25) is 4.79 Å². The van der Waals surface area contributed by atoms with Crippen molar-refractivity contribution in [2.75, 3.05) is 5.32 Å². The Kier molecular flexibility index (Phi) is 4.95. The number of carbonyl (C=O) groups excluding carboxylic acids is 1. The van der Waals surface area contributed by atoms with Crippen molar-refractivity contribution in [1.29, 1.82) is 0 Å². The number of ether oxygens (including phenoxy) is 1. The number of rotatable bonds is 4. The lowest BCUT2D eigenvalue weighted by Crippen LogP contribution is -2.14. The number of benzene rings is 2. The summed E-state index contributed by atoms with van der Waals surface area (Å²) < 4.78 is 18.7. The number of aromatic nitrogens is 1. The van der Waals surface area contributed by atoms with Crippen molar-refractivity contribution in [1.82, 2.24) is 4.98 Å². The first-order chi connectivity index (χ1) is 12.0. The van der Waals surface area contributed by atoms with E-state index in [1.807, 2.05) is 12.1 Å². The van der Waals surface area contributed by atoms with E-state index < -0.39 is 5.95 Å². The van der Waals surface area contributed by atoms with Crippen molar-refractivity contribution in [3.63, 3.8) is 0 Å². The number of nitrogens with zero attached hydrogens (tertiary/aromatic N) is 1. The maximum absolute atomic E-state index is 13.0. The number of pyridine rings is 1. The van der Waals surface area contributed by atoms with Crippen molar-refractivity contribution in [3.8, 4) is 11.5 Å². The number of anilines is 1. The highest BCUT2D eigenvalue weighted by atomic mass is 35.5. The lowest BCUT2D eigenvalue weighted by molar-refractivity contribution is 0.102. The van der Waals surface area contributed by atoms with E-state index >= 15 is 0 Å². The molecule has 0 spiro atoms. The molecule has 0 atom stereocenters. The lowest BCUT2D eigenvalue weighted by Gasteiger charge is -2.10. The minimum Gasteiger partial charge on any atom is -0.456 e. The zero-order valence-electron chi connectivity index (χ0n) is 13.3. The molecule has 0 aliphatic carbocycles. The molecule has 3 rings (SSSR count). The van der Waals surface area contributed by atoms with Crippen LogP contribution >= 0.6 is 11.6 Å². The summed E-state index contributed by atoms with van der Waals surface area (Å²) >= 11 is 6.05. The van der Waals surface area contributed by atoms with Crippen molar-refractivity contribution < 1.29 is 13.9 Å². The summed E-state index contributed by atoms with van der Waals surface area (Å²) in [6.07, 6.45) is 0. The van der Waals surface area contributed by atoms with Crippen LogP contribution in [-0.4, -0.2) is 10.9 Å². The molecule has 1 N–H and O–H groups in total. The molecule has 0 saturated heterocycles. The van der Waals surface area contributed by atoms with Gasteiger partial charge in [0.25, 0.3) is 5.91 Å². The van der Waals surface area contributed by atoms with Crippen LogP contribution in [0.2, 0.25) is 5.02 Å². The molecule has 0 saturated carbocycles. The van der Waals surface area contributed by atoms with Crippen LogP contribution in [0.25, 0.3) is 0 Å². The van der Waals surface area contributed by atoms with Crippen LogP contribution in [-0.2, 0) is 0 Å². The average molecular weight is 357 g/mol. The largest absolute Gasteiger partial charge is 0.456 e. The SMILES string of the molecule is Cc1nc(F)ccc1C(=O)Nc1ccc(Oc2ccccc2Cl)cc1. The third-order valence-electron chi connectivity index (χ3n) is 3.47. The van der Waals surface area contributed by atoms with E-state index in [0.717, 1.165) is 6.07 Å². The molecule has 1 aromatic heterocycles. The fourth-order valence-electron chi connectivity index (χ4n) is 2.23. The van der Waals surface area contributed by atoms with Gasteiger partial charge in [0, 0.05) is 5.69 Å². The molecule has 0 bridgehead atoms. The Morgan fingerprint density at radius 1 is 1.08 bits per heavy atom. The summed E-state index contributed by atoms with van der Waals surface area (Å²) in [5, 5.41) is 3.25. The average Bonchev–Trinajstić information content (AvgIpc) is 2.58. The van der Waals surface area contributed by atoms with E-state index in [9.17, 15) is 9.18 Å². The van der Waals surface area contributed by atoms with Gasteiger partial charge in [-0.15, -0.1) is 0 Å². The first kappa shape index (κ1) is 16.9. The number of aryl methyl sites for hydroxylation is 1. The number of para-hydroxylation sites is 1. The standard InChI is InChI=1S/C19H14ClFN2O2/c1-12-15(10-11-18(21)22-12)19(24)23-13-6-8-14(9-7-13)25-17-5-3-2-4-16(17)20/h2-11H,1H3,(H,23,24). The van der Waals surface area contributed by atoms with Crippen molar-refractivity contribution >= 4 is 23.2 Å². The van der Waals surface area contributed by atoms with Gasteiger partial charge in [0.05, 0.1) is 16.3 Å². The normalized spacial score (nSPS) is 10.4. The van der Waals surface area contributed by atoms with Crippen LogP contribution in [0.15, 0.2) is 60.7 Å². The molecule has 0 fully saturated rings. The Hall–Kier alpha value is -2.92.